The Kier molecular flexibility index (Phi) is 4.18. The van der Waals surface area contributed by atoms with E-state index in [1.807, 2.05) is 18.2 Å². The van der Waals surface area contributed by atoms with Gasteiger partial charge in [0.15, 0.2) is 0 Å². The minimum atomic E-state index is 0.528. The summed E-state index contributed by atoms with van der Waals surface area (Å²) in [5, 5.41) is 1.30. The molecule has 1 aromatic carbocycles. The highest BCUT2D eigenvalue weighted by atomic mass is 35.5. The second-order valence-electron chi connectivity index (χ2n) is 5.15. The minimum Gasteiger partial charge on any atom is -0.373 e. The second-order valence-corrected chi connectivity index (χ2v) is 5.93. The van der Waals surface area contributed by atoms with E-state index < -0.39 is 0 Å². The number of nitrogens with zero attached hydrogens (tertiary/aromatic N) is 2. The summed E-state index contributed by atoms with van der Waals surface area (Å²) >= 11 is 12.3. The second kappa shape index (κ2) is 5.88. The standard InChI is InChI=1S/C14H18Cl2N2O/c15-12-2-1-3-13(14(12)16)18-8-6-17(7-9-18)5-4-11-10-19-11/h1-3,11H,4-10H2. The minimum absolute atomic E-state index is 0.528. The molecule has 1 unspecified atom stereocenters. The van der Waals surface area contributed by atoms with Crippen LogP contribution in [0.15, 0.2) is 18.2 Å². The number of anilines is 1. The molecule has 0 aromatic heterocycles. The lowest BCUT2D eigenvalue weighted by atomic mass is 10.2. The fourth-order valence-corrected chi connectivity index (χ4v) is 2.93. The summed E-state index contributed by atoms with van der Waals surface area (Å²) in [6.07, 6.45) is 1.69. The van der Waals surface area contributed by atoms with Crippen molar-refractivity contribution in [2.24, 2.45) is 0 Å². The Morgan fingerprint density at radius 1 is 1.16 bits per heavy atom. The van der Waals surface area contributed by atoms with Crippen LogP contribution in [0.3, 0.4) is 0 Å². The van der Waals surface area contributed by atoms with Crippen molar-refractivity contribution in [3.63, 3.8) is 0 Å². The Morgan fingerprint density at radius 2 is 1.89 bits per heavy atom. The predicted octanol–water partition coefficient (Wildman–Crippen LogP) is 2.90. The first-order valence-electron chi connectivity index (χ1n) is 6.77. The van der Waals surface area contributed by atoms with Crippen molar-refractivity contribution in [3.8, 4) is 0 Å². The molecule has 1 aromatic rings. The molecule has 0 N–H and O–H groups in total. The van der Waals surface area contributed by atoms with Crippen LogP contribution in [-0.4, -0.2) is 50.3 Å². The largest absolute Gasteiger partial charge is 0.373 e. The van der Waals surface area contributed by atoms with Gasteiger partial charge >= 0.3 is 0 Å². The number of hydrogen-bond acceptors (Lipinski definition) is 3. The van der Waals surface area contributed by atoms with Gasteiger partial charge in [-0.1, -0.05) is 29.3 Å². The molecule has 2 heterocycles. The molecule has 3 rings (SSSR count). The van der Waals surface area contributed by atoms with Crippen LogP contribution in [0.4, 0.5) is 5.69 Å². The highest BCUT2D eigenvalue weighted by molar-refractivity contribution is 6.43. The smallest absolute Gasteiger partial charge is 0.0825 e. The lowest BCUT2D eigenvalue weighted by molar-refractivity contribution is 0.242. The number of halogens is 2. The molecule has 104 valence electrons. The van der Waals surface area contributed by atoms with Crippen molar-refractivity contribution in [2.45, 2.75) is 12.5 Å². The molecule has 0 radical (unpaired) electrons. The predicted molar refractivity (Wildman–Crippen MR) is 79.5 cm³/mol. The topological polar surface area (TPSA) is 19.0 Å². The van der Waals surface area contributed by atoms with Gasteiger partial charge in [0.05, 0.1) is 28.4 Å². The van der Waals surface area contributed by atoms with Gasteiger partial charge in [-0.15, -0.1) is 0 Å². The van der Waals surface area contributed by atoms with Crippen LogP contribution >= 0.6 is 23.2 Å². The summed E-state index contributed by atoms with van der Waals surface area (Å²) in [6.45, 7) is 6.27. The maximum absolute atomic E-state index is 6.27. The van der Waals surface area contributed by atoms with Gasteiger partial charge in [0.1, 0.15) is 0 Å². The first kappa shape index (κ1) is 13.5. The van der Waals surface area contributed by atoms with Gasteiger partial charge in [-0.3, -0.25) is 4.90 Å². The molecule has 0 bridgehead atoms. The Morgan fingerprint density at radius 3 is 2.58 bits per heavy atom. The van der Waals surface area contributed by atoms with E-state index >= 15 is 0 Å². The zero-order valence-corrected chi connectivity index (χ0v) is 12.3. The van der Waals surface area contributed by atoms with Crippen molar-refractivity contribution < 1.29 is 4.74 Å². The first-order chi connectivity index (χ1) is 9.24. The van der Waals surface area contributed by atoms with Crippen LogP contribution in [0.5, 0.6) is 0 Å². The van der Waals surface area contributed by atoms with Crippen molar-refractivity contribution in [3.05, 3.63) is 28.2 Å². The summed E-state index contributed by atoms with van der Waals surface area (Å²) in [4.78, 5) is 4.81. The van der Waals surface area contributed by atoms with E-state index in [0.29, 0.717) is 16.1 Å². The van der Waals surface area contributed by atoms with Crippen LogP contribution in [0.1, 0.15) is 6.42 Å². The van der Waals surface area contributed by atoms with Gasteiger partial charge in [-0.25, -0.2) is 0 Å². The van der Waals surface area contributed by atoms with Crippen LogP contribution in [-0.2, 0) is 4.74 Å². The van der Waals surface area contributed by atoms with E-state index in [9.17, 15) is 0 Å². The Hall–Kier alpha value is -0.480. The summed E-state index contributed by atoms with van der Waals surface area (Å²) < 4.78 is 5.25. The maximum Gasteiger partial charge on any atom is 0.0825 e. The van der Waals surface area contributed by atoms with Gasteiger partial charge in [0, 0.05) is 32.7 Å². The van der Waals surface area contributed by atoms with Gasteiger partial charge in [0.2, 0.25) is 0 Å². The third-order valence-corrected chi connectivity index (χ3v) is 4.62. The summed E-state index contributed by atoms with van der Waals surface area (Å²) in [5.41, 5.74) is 1.05. The monoisotopic (exact) mass is 300 g/mol. The Bertz CT molecular complexity index is 443. The molecule has 3 nitrogen and oxygen atoms in total. The van der Waals surface area contributed by atoms with E-state index in [2.05, 4.69) is 9.80 Å². The molecule has 2 saturated heterocycles. The molecule has 2 fully saturated rings. The summed E-state index contributed by atoms with van der Waals surface area (Å²) in [7, 11) is 0. The van der Waals surface area contributed by atoms with E-state index in [1.165, 1.54) is 0 Å². The third kappa shape index (κ3) is 3.34. The van der Waals surface area contributed by atoms with Gasteiger partial charge in [-0.05, 0) is 18.6 Å². The molecule has 0 amide bonds. The van der Waals surface area contributed by atoms with Crippen LogP contribution < -0.4 is 4.90 Å². The molecule has 0 spiro atoms. The first-order valence-corrected chi connectivity index (χ1v) is 7.52. The normalized spacial score (nSPS) is 23.7. The number of piperazine rings is 1. The van der Waals surface area contributed by atoms with Crippen LogP contribution in [0, 0.1) is 0 Å². The maximum atomic E-state index is 6.27. The molecule has 1 atom stereocenters. The molecule has 2 aliphatic rings. The van der Waals surface area contributed by atoms with Gasteiger partial charge in [-0.2, -0.15) is 0 Å². The van der Waals surface area contributed by atoms with Crippen LogP contribution in [0.25, 0.3) is 0 Å². The lowest BCUT2D eigenvalue weighted by Crippen LogP contribution is -2.46. The zero-order valence-electron chi connectivity index (χ0n) is 10.8. The highest BCUT2D eigenvalue weighted by Gasteiger charge is 2.25. The summed E-state index contributed by atoms with van der Waals surface area (Å²) in [6, 6.07) is 5.83. The highest BCUT2D eigenvalue weighted by Crippen LogP contribution is 2.32. The fourth-order valence-electron chi connectivity index (χ4n) is 2.51. The molecule has 0 saturated carbocycles. The van der Waals surface area contributed by atoms with E-state index in [-0.39, 0.29) is 0 Å². The van der Waals surface area contributed by atoms with E-state index in [4.69, 9.17) is 27.9 Å². The average molecular weight is 301 g/mol. The number of rotatable bonds is 4. The van der Waals surface area contributed by atoms with Crippen molar-refractivity contribution in [2.75, 3.05) is 44.2 Å². The molecule has 5 heteroatoms. The number of benzene rings is 1. The quantitative estimate of drug-likeness (QED) is 0.797. The molecule has 0 aliphatic carbocycles. The SMILES string of the molecule is Clc1cccc(N2CCN(CCC3CO3)CC2)c1Cl. The van der Waals surface area contributed by atoms with Crippen LogP contribution in [0.2, 0.25) is 10.0 Å². The van der Waals surface area contributed by atoms with E-state index in [1.54, 1.807) is 0 Å². The molecular weight excluding hydrogens is 283 g/mol. The third-order valence-electron chi connectivity index (χ3n) is 3.81. The number of epoxide rings is 1. The Balaban J connectivity index is 1.55. The number of ether oxygens (including phenoxy) is 1. The van der Waals surface area contributed by atoms with Crippen molar-refractivity contribution in [1.82, 2.24) is 4.90 Å². The molecule has 19 heavy (non-hydrogen) atoms. The van der Waals surface area contributed by atoms with E-state index in [0.717, 1.165) is 51.4 Å². The average Bonchev–Trinajstić information content (AvgIpc) is 3.25. The fraction of sp³-hybridized carbons (Fsp3) is 0.571. The van der Waals surface area contributed by atoms with Gasteiger partial charge < -0.3 is 9.64 Å². The van der Waals surface area contributed by atoms with Crippen molar-refractivity contribution in [1.29, 1.82) is 0 Å². The molecule has 2 aliphatic heterocycles. The lowest BCUT2D eigenvalue weighted by Gasteiger charge is -2.36. The summed E-state index contributed by atoms with van der Waals surface area (Å²) in [5.74, 6) is 0. The molecular formula is C14H18Cl2N2O. The number of hydrogen-bond donors (Lipinski definition) is 0. The zero-order chi connectivity index (χ0) is 13.2. The Labute approximate surface area is 124 Å². The van der Waals surface area contributed by atoms with Gasteiger partial charge in [0.25, 0.3) is 0 Å². The van der Waals surface area contributed by atoms with Crippen molar-refractivity contribution >= 4 is 28.9 Å².